The number of rotatable bonds is 6. The van der Waals surface area contributed by atoms with Crippen molar-refractivity contribution >= 4 is 10.0 Å². The molecule has 0 aliphatic carbocycles. The summed E-state index contributed by atoms with van der Waals surface area (Å²) >= 11 is 0. The van der Waals surface area contributed by atoms with Gasteiger partial charge in [-0.1, -0.05) is 13.8 Å². The lowest BCUT2D eigenvalue weighted by molar-refractivity contribution is 0.240. The quantitative estimate of drug-likeness (QED) is 0.833. The molecule has 1 atom stereocenters. The summed E-state index contributed by atoms with van der Waals surface area (Å²) in [6.45, 7) is 5.37. The van der Waals surface area contributed by atoms with E-state index in [1.54, 1.807) is 6.92 Å². The van der Waals surface area contributed by atoms with Crippen LogP contribution in [0.3, 0.4) is 0 Å². The molecule has 0 aliphatic rings. The SMILES string of the molecule is Cc1cc(S(=O)(=O)NC(CO)CC(C)C)ccc1C#N. The molecule has 0 saturated carbocycles. The maximum Gasteiger partial charge on any atom is 0.240 e. The number of nitrogens with zero attached hydrogens (tertiary/aromatic N) is 1. The summed E-state index contributed by atoms with van der Waals surface area (Å²) in [6.07, 6.45) is 0.561. The van der Waals surface area contributed by atoms with Gasteiger partial charge >= 0.3 is 0 Å². The summed E-state index contributed by atoms with van der Waals surface area (Å²) < 4.78 is 27.0. The van der Waals surface area contributed by atoms with Crippen LogP contribution in [0.1, 0.15) is 31.4 Å². The summed E-state index contributed by atoms with van der Waals surface area (Å²) in [5.41, 5.74) is 1.06. The Hall–Kier alpha value is -1.42. The molecule has 1 unspecified atom stereocenters. The Morgan fingerprint density at radius 1 is 1.40 bits per heavy atom. The number of aliphatic hydroxyl groups is 1. The van der Waals surface area contributed by atoms with Gasteiger partial charge in [-0.2, -0.15) is 5.26 Å². The van der Waals surface area contributed by atoms with Gasteiger partial charge in [0.05, 0.1) is 23.1 Å². The third-order valence-corrected chi connectivity index (χ3v) is 4.44. The number of nitriles is 1. The van der Waals surface area contributed by atoms with E-state index >= 15 is 0 Å². The largest absolute Gasteiger partial charge is 0.395 e. The van der Waals surface area contributed by atoms with Gasteiger partial charge in [0.25, 0.3) is 0 Å². The summed E-state index contributed by atoms with van der Waals surface area (Å²) in [6, 6.07) is 5.84. The first-order chi connectivity index (χ1) is 9.30. The van der Waals surface area contributed by atoms with Gasteiger partial charge in [-0.15, -0.1) is 0 Å². The first kappa shape index (κ1) is 16.6. The van der Waals surface area contributed by atoms with Crippen LogP contribution >= 0.6 is 0 Å². The molecule has 20 heavy (non-hydrogen) atoms. The van der Waals surface area contributed by atoms with Gasteiger partial charge in [0, 0.05) is 6.04 Å². The molecule has 2 N–H and O–H groups in total. The molecule has 0 spiro atoms. The van der Waals surface area contributed by atoms with Crippen molar-refractivity contribution in [2.45, 2.75) is 38.1 Å². The zero-order valence-electron chi connectivity index (χ0n) is 11.9. The van der Waals surface area contributed by atoms with Crippen molar-refractivity contribution in [3.8, 4) is 6.07 Å². The first-order valence-corrected chi connectivity index (χ1v) is 7.92. The van der Waals surface area contributed by atoms with Crippen LogP contribution < -0.4 is 4.72 Å². The van der Waals surface area contributed by atoms with E-state index in [1.165, 1.54) is 18.2 Å². The van der Waals surface area contributed by atoms with Crippen molar-refractivity contribution in [2.75, 3.05) is 6.61 Å². The lowest BCUT2D eigenvalue weighted by atomic mass is 10.1. The van der Waals surface area contributed by atoms with Crippen molar-refractivity contribution in [1.29, 1.82) is 5.26 Å². The highest BCUT2D eigenvalue weighted by Gasteiger charge is 2.20. The Morgan fingerprint density at radius 3 is 2.50 bits per heavy atom. The van der Waals surface area contributed by atoms with E-state index in [2.05, 4.69) is 4.72 Å². The molecule has 0 heterocycles. The Balaban J connectivity index is 2.99. The maximum absolute atomic E-state index is 12.2. The molecule has 110 valence electrons. The molecule has 1 aromatic rings. The molecule has 0 bridgehead atoms. The second kappa shape index (κ2) is 6.84. The molecule has 6 heteroatoms. The van der Waals surface area contributed by atoms with Crippen molar-refractivity contribution < 1.29 is 13.5 Å². The van der Waals surface area contributed by atoms with Gasteiger partial charge < -0.3 is 5.11 Å². The predicted octanol–water partition coefficient (Wildman–Crippen LogP) is 1.55. The molecule has 5 nitrogen and oxygen atoms in total. The fourth-order valence-electron chi connectivity index (χ4n) is 1.95. The number of hydrogen-bond acceptors (Lipinski definition) is 4. The first-order valence-electron chi connectivity index (χ1n) is 6.44. The van der Waals surface area contributed by atoms with Gasteiger partial charge in [0.2, 0.25) is 10.0 Å². The Morgan fingerprint density at radius 2 is 2.05 bits per heavy atom. The predicted molar refractivity (Wildman–Crippen MR) is 76.5 cm³/mol. The summed E-state index contributed by atoms with van der Waals surface area (Å²) in [5.74, 6) is 0.276. The molecular formula is C14H20N2O3S. The van der Waals surface area contributed by atoms with Gasteiger partial charge in [0.1, 0.15) is 0 Å². The third kappa shape index (κ3) is 4.30. The number of benzene rings is 1. The number of sulfonamides is 1. The molecule has 0 aromatic heterocycles. The normalized spacial score (nSPS) is 13.2. The highest BCUT2D eigenvalue weighted by Crippen LogP contribution is 2.16. The second-order valence-corrected chi connectivity index (χ2v) is 6.93. The highest BCUT2D eigenvalue weighted by molar-refractivity contribution is 7.89. The number of aryl methyl sites for hydroxylation is 1. The van der Waals surface area contributed by atoms with Crippen LogP contribution in [0, 0.1) is 24.2 Å². The average Bonchev–Trinajstić information content (AvgIpc) is 2.36. The fraction of sp³-hybridized carbons (Fsp3) is 0.500. The van der Waals surface area contributed by atoms with E-state index in [0.717, 1.165) is 0 Å². The van der Waals surface area contributed by atoms with Crippen LogP contribution in [-0.2, 0) is 10.0 Å². The Bertz CT molecular complexity index is 603. The van der Waals surface area contributed by atoms with E-state index in [9.17, 15) is 13.5 Å². The summed E-state index contributed by atoms with van der Waals surface area (Å²) in [5, 5.41) is 18.1. The molecule has 0 radical (unpaired) electrons. The average molecular weight is 296 g/mol. The minimum absolute atomic E-state index is 0.108. The summed E-state index contributed by atoms with van der Waals surface area (Å²) in [4.78, 5) is 0.108. The molecule has 1 aromatic carbocycles. The van der Waals surface area contributed by atoms with Gasteiger partial charge in [-0.25, -0.2) is 13.1 Å². The highest BCUT2D eigenvalue weighted by atomic mass is 32.2. The second-order valence-electron chi connectivity index (χ2n) is 5.22. The van der Waals surface area contributed by atoms with E-state index in [0.29, 0.717) is 17.5 Å². The van der Waals surface area contributed by atoms with E-state index < -0.39 is 16.1 Å². The monoisotopic (exact) mass is 296 g/mol. The third-order valence-electron chi connectivity index (χ3n) is 2.93. The van der Waals surface area contributed by atoms with Gasteiger partial charge in [-0.3, -0.25) is 0 Å². The van der Waals surface area contributed by atoms with Crippen LogP contribution in [0.15, 0.2) is 23.1 Å². The van der Waals surface area contributed by atoms with Crippen LogP contribution in [0.2, 0.25) is 0 Å². The zero-order chi connectivity index (χ0) is 15.3. The Kier molecular flexibility index (Phi) is 5.69. The molecule has 1 rings (SSSR count). The van der Waals surface area contributed by atoms with Crippen molar-refractivity contribution in [1.82, 2.24) is 4.72 Å². The standard InChI is InChI=1S/C14H20N2O3S/c1-10(2)6-13(9-17)16-20(18,19)14-5-4-12(8-15)11(3)7-14/h4-5,7,10,13,16-17H,6,9H2,1-3H3. The zero-order valence-corrected chi connectivity index (χ0v) is 12.7. The Labute approximate surface area is 120 Å². The lowest BCUT2D eigenvalue weighted by Gasteiger charge is -2.18. The number of aliphatic hydroxyl groups excluding tert-OH is 1. The van der Waals surface area contributed by atoms with E-state index in [4.69, 9.17) is 5.26 Å². The van der Waals surface area contributed by atoms with E-state index in [-0.39, 0.29) is 17.4 Å². The van der Waals surface area contributed by atoms with E-state index in [1.807, 2.05) is 19.9 Å². The smallest absolute Gasteiger partial charge is 0.240 e. The van der Waals surface area contributed by atoms with Gasteiger partial charge in [0.15, 0.2) is 0 Å². The van der Waals surface area contributed by atoms with Crippen LogP contribution in [-0.4, -0.2) is 26.2 Å². The van der Waals surface area contributed by atoms with Gasteiger partial charge in [-0.05, 0) is 43.0 Å². The number of nitrogens with one attached hydrogen (secondary N) is 1. The van der Waals surface area contributed by atoms with Crippen LogP contribution in [0.4, 0.5) is 0 Å². The minimum Gasteiger partial charge on any atom is -0.395 e. The van der Waals surface area contributed by atoms with Crippen molar-refractivity contribution in [3.05, 3.63) is 29.3 Å². The lowest BCUT2D eigenvalue weighted by Crippen LogP contribution is -2.38. The van der Waals surface area contributed by atoms with Crippen LogP contribution in [0.5, 0.6) is 0 Å². The minimum atomic E-state index is -3.68. The maximum atomic E-state index is 12.2. The molecular weight excluding hydrogens is 276 g/mol. The molecule has 0 saturated heterocycles. The molecule has 0 amide bonds. The van der Waals surface area contributed by atoms with Crippen LogP contribution in [0.25, 0.3) is 0 Å². The molecule has 0 fully saturated rings. The van der Waals surface area contributed by atoms with Crippen molar-refractivity contribution in [2.24, 2.45) is 5.92 Å². The molecule has 0 aliphatic heterocycles. The van der Waals surface area contributed by atoms with Crippen molar-refractivity contribution in [3.63, 3.8) is 0 Å². The number of hydrogen-bond donors (Lipinski definition) is 2. The summed E-state index contributed by atoms with van der Waals surface area (Å²) in [7, 11) is -3.68. The topological polar surface area (TPSA) is 90.2 Å². The fourth-order valence-corrected chi connectivity index (χ4v) is 3.27.